The predicted octanol–water partition coefficient (Wildman–Crippen LogP) is 7.64. The van der Waals surface area contributed by atoms with E-state index in [9.17, 15) is 14.4 Å². The molecule has 2 fully saturated rings. The molecule has 4 rings (SSSR count). The summed E-state index contributed by atoms with van der Waals surface area (Å²) >= 11 is 2.20. The van der Waals surface area contributed by atoms with Crippen LogP contribution in [0.25, 0.3) is 0 Å². The Bertz CT molecular complexity index is 1040. The molecule has 0 aromatic carbocycles. The molecule has 2 saturated carbocycles. The molecular weight excluding hydrogens is 563 g/mol. The summed E-state index contributed by atoms with van der Waals surface area (Å²) in [6.07, 6.45) is 11.3. The van der Waals surface area contributed by atoms with Crippen molar-refractivity contribution < 1.29 is 19.1 Å². The first-order valence-corrected chi connectivity index (χ1v) is 14.9. The van der Waals surface area contributed by atoms with E-state index < -0.39 is 5.41 Å². The summed E-state index contributed by atoms with van der Waals surface area (Å²) in [5, 5.41) is 0. The number of fused-ring (bicyclic) bond motifs is 5. The predicted molar refractivity (Wildman–Crippen MR) is 152 cm³/mol. The summed E-state index contributed by atoms with van der Waals surface area (Å²) in [6, 6.07) is 0. The summed E-state index contributed by atoms with van der Waals surface area (Å²) in [5.74, 6) is 0.477. The number of hydrogen-bond acceptors (Lipinski definition) is 4. The highest BCUT2D eigenvalue weighted by molar-refractivity contribution is 14.1. The van der Waals surface area contributed by atoms with Crippen LogP contribution in [0.2, 0.25) is 0 Å². The van der Waals surface area contributed by atoms with Gasteiger partial charge in [-0.1, -0.05) is 53.2 Å². The van der Waals surface area contributed by atoms with Gasteiger partial charge < -0.3 is 4.74 Å². The molecule has 4 aliphatic carbocycles. The molecule has 0 spiro atoms. The van der Waals surface area contributed by atoms with E-state index in [-0.39, 0.29) is 56.9 Å². The van der Waals surface area contributed by atoms with Crippen LogP contribution in [0, 0.1) is 44.8 Å². The number of allylic oxidation sites excluding steroid dienone is 4. The van der Waals surface area contributed by atoms with Gasteiger partial charge in [0, 0.05) is 17.3 Å². The third-order valence-electron chi connectivity index (χ3n) is 11.6. The molecule has 4 nitrogen and oxygen atoms in total. The standard InChI is InChI=1S/C31H45IO4/c1-19-20-10-12-31(7)24(29(20,5)18-22(32)25(19)34)17-23(33)21-9-11-27(2,3)13-14-28(4,26(35)36-8)15-16-30(21,31)6/h17-21H,9-16H2,1-8H3/t19-,20-,21?,28-,29-,30+,31+/m0/s1. The van der Waals surface area contributed by atoms with Crippen LogP contribution >= 0.6 is 22.6 Å². The summed E-state index contributed by atoms with van der Waals surface area (Å²) in [5.41, 5.74) is -0.0277. The quantitative estimate of drug-likeness (QED) is 0.227. The molecule has 0 heterocycles. The van der Waals surface area contributed by atoms with Gasteiger partial charge in [-0.2, -0.15) is 0 Å². The molecule has 1 unspecified atom stereocenters. The summed E-state index contributed by atoms with van der Waals surface area (Å²) in [6.45, 7) is 15.7. The molecule has 0 aliphatic heterocycles. The number of carbonyl (C=O) groups is 3. The van der Waals surface area contributed by atoms with Crippen LogP contribution in [0.3, 0.4) is 0 Å². The number of halogens is 1. The van der Waals surface area contributed by atoms with Gasteiger partial charge in [0.2, 0.25) is 0 Å². The van der Waals surface area contributed by atoms with Gasteiger partial charge in [-0.25, -0.2) is 0 Å². The van der Waals surface area contributed by atoms with E-state index in [0.29, 0.717) is 0 Å². The van der Waals surface area contributed by atoms with E-state index in [4.69, 9.17) is 4.74 Å². The van der Waals surface area contributed by atoms with Crippen LogP contribution in [-0.4, -0.2) is 24.6 Å². The van der Waals surface area contributed by atoms with E-state index in [2.05, 4.69) is 77.1 Å². The van der Waals surface area contributed by atoms with Gasteiger partial charge in [-0.05, 0) is 109 Å². The number of hydrogen-bond donors (Lipinski definition) is 0. The number of methoxy groups -OCH3 is 1. The second kappa shape index (κ2) is 9.05. The monoisotopic (exact) mass is 608 g/mol. The fourth-order valence-electron chi connectivity index (χ4n) is 8.51. The smallest absolute Gasteiger partial charge is 0.311 e. The molecular formula is C31H45IO4. The molecule has 0 saturated heterocycles. The maximum absolute atomic E-state index is 14.0. The first kappa shape index (κ1) is 28.0. The first-order chi connectivity index (χ1) is 16.5. The van der Waals surface area contributed by atoms with Crippen molar-refractivity contribution in [3.63, 3.8) is 0 Å². The Labute approximate surface area is 231 Å². The van der Waals surface area contributed by atoms with E-state index in [1.807, 2.05) is 6.08 Å². The van der Waals surface area contributed by atoms with E-state index in [0.717, 1.165) is 54.9 Å². The third kappa shape index (κ3) is 4.09. The van der Waals surface area contributed by atoms with Gasteiger partial charge in [0.1, 0.15) is 0 Å². The first-order valence-electron chi connectivity index (χ1n) is 13.8. The highest BCUT2D eigenvalue weighted by Crippen LogP contribution is 2.69. The molecule has 0 amide bonds. The maximum Gasteiger partial charge on any atom is 0.311 e. The average molecular weight is 609 g/mol. The average Bonchev–Trinajstić information content (AvgIpc) is 2.80. The number of rotatable bonds is 1. The molecule has 0 N–H and O–H groups in total. The second-order valence-corrected chi connectivity index (χ2v) is 15.3. The molecule has 4 aliphatic rings. The Hall–Kier alpha value is -0.980. The fraction of sp³-hybridized carbons (Fsp3) is 0.774. The lowest BCUT2D eigenvalue weighted by Crippen LogP contribution is -2.58. The number of ketones is 2. The number of carbonyl (C=O) groups excluding carboxylic acids is 3. The van der Waals surface area contributed by atoms with Crippen molar-refractivity contribution in [1.82, 2.24) is 0 Å². The highest BCUT2D eigenvalue weighted by Gasteiger charge is 2.63. The zero-order valence-electron chi connectivity index (χ0n) is 23.6. The van der Waals surface area contributed by atoms with Crippen LogP contribution in [-0.2, 0) is 19.1 Å². The minimum absolute atomic E-state index is 0.0366. The largest absolute Gasteiger partial charge is 0.469 e. The van der Waals surface area contributed by atoms with Crippen molar-refractivity contribution in [1.29, 1.82) is 0 Å². The Morgan fingerprint density at radius 2 is 1.58 bits per heavy atom. The van der Waals surface area contributed by atoms with E-state index >= 15 is 0 Å². The number of ether oxygens (including phenoxy) is 1. The SMILES string of the molecule is COC(=O)[C@@]1(C)CCC(C)(C)CCC2C(=O)C=C3[C@@]4(C)C=C(I)C(=O)[C@@H](C)[C@@H]4CC[C@@]3(C)[C@]2(C)CC1. The maximum atomic E-state index is 14.0. The van der Waals surface area contributed by atoms with Crippen LogP contribution < -0.4 is 0 Å². The van der Waals surface area contributed by atoms with Crippen molar-refractivity contribution in [2.45, 2.75) is 99.8 Å². The van der Waals surface area contributed by atoms with Crippen molar-refractivity contribution in [2.75, 3.05) is 7.11 Å². The number of esters is 1. The second-order valence-electron chi connectivity index (χ2n) is 14.1. The minimum Gasteiger partial charge on any atom is -0.469 e. The van der Waals surface area contributed by atoms with Gasteiger partial charge in [0.25, 0.3) is 0 Å². The lowest BCUT2D eigenvalue weighted by atomic mass is 9.40. The molecule has 0 radical (unpaired) electrons. The van der Waals surface area contributed by atoms with Gasteiger partial charge >= 0.3 is 5.97 Å². The zero-order chi connectivity index (χ0) is 26.9. The van der Waals surface area contributed by atoms with Gasteiger partial charge in [0.05, 0.1) is 16.1 Å². The minimum atomic E-state index is -0.556. The Morgan fingerprint density at radius 3 is 2.22 bits per heavy atom. The van der Waals surface area contributed by atoms with Gasteiger partial charge in [0.15, 0.2) is 11.6 Å². The molecule has 0 aromatic rings. The lowest BCUT2D eigenvalue weighted by molar-refractivity contribution is -0.155. The zero-order valence-corrected chi connectivity index (χ0v) is 25.7. The topological polar surface area (TPSA) is 60.4 Å². The van der Waals surface area contributed by atoms with Crippen LogP contribution in [0.4, 0.5) is 0 Å². The molecule has 7 atom stereocenters. The molecule has 5 heteroatoms. The van der Waals surface area contributed by atoms with Gasteiger partial charge in [-0.15, -0.1) is 0 Å². The fourth-order valence-corrected chi connectivity index (χ4v) is 9.65. The van der Waals surface area contributed by atoms with Crippen molar-refractivity contribution >= 4 is 40.1 Å². The van der Waals surface area contributed by atoms with Crippen molar-refractivity contribution in [3.05, 3.63) is 21.3 Å². The van der Waals surface area contributed by atoms with Crippen LogP contribution in [0.5, 0.6) is 0 Å². The summed E-state index contributed by atoms with van der Waals surface area (Å²) < 4.78 is 6.11. The van der Waals surface area contributed by atoms with E-state index in [1.165, 1.54) is 12.7 Å². The van der Waals surface area contributed by atoms with Crippen LogP contribution in [0.1, 0.15) is 99.8 Å². The third-order valence-corrected chi connectivity index (χ3v) is 12.4. The normalized spacial score (nSPS) is 44.9. The molecule has 0 aromatic heterocycles. The molecule has 0 bridgehead atoms. The Balaban J connectivity index is 1.86. The van der Waals surface area contributed by atoms with Crippen LogP contribution in [0.15, 0.2) is 21.3 Å². The van der Waals surface area contributed by atoms with Gasteiger partial charge in [-0.3, -0.25) is 14.4 Å². The summed E-state index contributed by atoms with van der Waals surface area (Å²) in [7, 11) is 1.50. The van der Waals surface area contributed by atoms with Crippen molar-refractivity contribution in [2.24, 2.45) is 44.8 Å². The molecule has 200 valence electrons. The Kier molecular flexibility index (Phi) is 7.05. The highest BCUT2D eigenvalue weighted by atomic mass is 127. The Morgan fingerprint density at radius 1 is 0.944 bits per heavy atom. The lowest BCUT2D eigenvalue weighted by Gasteiger charge is -2.63. The van der Waals surface area contributed by atoms with E-state index in [1.54, 1.807) is 0 Å². The van der Waals surface area contributed by atoms with Crippen molar-refractivity contribution in [3.8, 4) is 0 Å². The molecule has 36 heavy (non-hydrogen) atoms. The summed E-state index contributed by atoms with van der Waals surface area (Å²) in [4.78, 5) is 40.0. The number of Topliss-reactive ketones (excluding diaryl/α,β-unsaturated/α-hetero) is 1.